The van der Waals surface area contributed by atoms with Crippen molar-refractivity contribution in [3.8, 4) is 6.07 Å². The molecule has 2 rings (SSSR count). The summed E-state index contributed by atoms with van der Waals surface area (Å²) in [6.45, 7) is 0. The van der Waals surface area contributed by atoms with Gasteiger partial charge in [-0.1, -0.05) is 6.07 Å². The summed E-state index contributed by atoms with van der Waals surface area (Å²) in [6.07, 6.45) is 0. The van der Waals surface area contributed by atoms with Gasteiger partial charge in [-0.25, -0.2) is 8.42 Å². The molecule has 0 aliphatic rings. The molecule has 0 saturated carbocycles. The van der Waals surface area contributed by atoms with E-state index in [1.165, 1.54) is 6.07 Å². The number of nitrogens with one attached hydrogen (secondary N) is 1. The first-order chi connectivity index (χ1) is 8.53. The summed E-state index contributed by atoms with van der Waals surface area (Å²) >= 11 is 4.37. The smallest absolute Gasteiger partial charge is 0.271 e. The molecule has 2 aromatic rings. The molecule has 0 radical (unpaired) electrons. The molecule has 1 heterocycles. The van der Waals surface area contributed by atoms with E-state index in [9.17, 15) is 8.42 Å². The van der Waals surface area contributed by atoms with Crippen LogP contribution in [0.5, 0.6) is 0 Å². The molecule has 18 heavy (non-hydrogen) atoms. The van der Waals surface area contributed by atoms with Crippen molar-refractivity contribution in [2.45, 2.75) is 4.21 Å². The molecule has 0 aliphatic carbocycles. The van der Waals surface area contributed by atoms with Gasteiger partial charge in [-0.3, -0.25) is 4.72 Å². The van der Waals surface area contributed by atoms with Crippen molar-refractivity contribution in [3.05, 3.63) is 45.7 Å². The average Bonchev–Trinajstić information content (AvgIpc) is 2.86. The van der Waals surface area contributed by atoms with Crippen LogP contribution in [-0.2, 0) is 10.0 Å². The van der Waals surface area contributed by atoms with Crippen LogP contribution >= 0.6 is 27.3 Å². The van der Waals surface area contributed by atoms with E-state index in [-0.39, 0.29) is 4.21 Å². The van der Waals surface area contributed by atoms with Crippen molar-refractivity contribution < 1.29 is 8.42 Å². The number of anilines is 1. The number of benzene rings is 1. The lowest BCUT2D eigenvalue weighted by Crippen LogP contribution is -2.11. The molecule has 1 aromatic carbocycles. The van der Waals surface area contributed by atoms with Gasteiger partial charge >= 0.3 is 0 Å². The summed E-state index contributed by atoms with van der Waals surface area (Å²) in [6, 6.07) is 9.85. The fourth-order valence-electron chi connectivity index (χ4n) is 1.28. The van der Waals surface area contributed by atoms with Crippen molar-refractivity contribution in [1.29, 1.82) is 5.26 Å². The second kappa shape index (κ2) is 5.10. The minimum Gasteiger partial charge on any atom is -0.278 e. The molecule has 0 atom stereocenters. The fourth-order valence-corrected chi connectivity index (χ4v) is 3.96. The molecule has 0 saturated heterocycles. The highest BCUT2D eigenvalue weighted by molar-refractivity contribution is 9.10. The number of hydrogen-bond donors (Lipinski definition) is 1. The molecule has 0 unspecified atom stereocenters. The van der Waals surface area contributed by atoms with Gasteiger partial charge in [0.15, 0.2) is 0 Å². The number of nitrogens with zero attached hydrogens (tertiary/aromatic N) is 1. The topological polar surface area (TPSA) is 70.0 Å². The van der Waals surface area contributed by atoms with E-state index in [2.05, 4.69) is 20.7 Å². The quantitative estimate of drug-likeness (QED) is 0.931. The van der Waals surface area contributed by atoms with Gasteiger partial charge in [-0.15, -0.1) is 11.3 Å². The maximum atomic E-state index is 12.0. The van der Waals surface area contributed by atoms with Gasteiger partial charge < -0.3 is 0 Å². The molecule has 0 fully saturated rings. The predicted molar refractivity (Wildman–Crippen MR) is 74.0 cm³/mol. The van der Waals surface area contributed by atoms with E-state index in [1.807, 2.05) is 6.07 Å². The lowest BCUT2D eigenvalue weighted by molar-refractivity contribution is 0.603. The minimum atomic E-state index is -3.56. The molecular weight excluding hydrogens is 336 g/mol. The zero-order valence-electron chi connectivity index (χ0n) is 8.92. The van der Waals surface area contributed by atoms with Crippen molar-refractivity contribution in [2.75, 3.05) is 4.72 Å². The molecule has 0 spiro atoms. The lowest BCUT2D eigenvalue weighted by atomic mass is 10.2. The van der Waals surface area contributed by atoms with Crippen LogP contribution in [0.25, 0.3) is 0 Å². The molecule has 1 aromatic heterocycles. The first-order valence-electron chi connectivity index (χ1n) is 4.79. The molecule has 1 N–H and O–H groups in total. The highest BCUT2D eigenvalue weighted by atomic mass is 79.9. The highest BCUT2D eigenvalue weighted by Gasteiger charge is 2.16. The first kappa shape index (κ1) is 13.1. The Morgan fingerprint density at radius 1 is 1.33 bits per heavy atom. The summed E-state index contributed by atoms with van der Waals surface area (Å²) in [7, 11) is -3.56. The fraction of sp³-hybridized carbons (Fsp3) is 0. The van der Waals surface area contributed by atoms with Gasteiger partial charge in [0.2, 0.25) is 0 Å². The molecule has 0 amide bonds. The maximum Gasteiger partial charge on any atom is 0.271 e. The van der Waals surface area contributed by atoms with Gasteiger partial charge in [0.25, 0.3) is 10.0 Å². The van der Waals surface area contributed by atoms with Gasteiger partial charge in [0.1, 0.15) is 4.21 Å². The number of nitriles is 1. The van der Waals surface area contributed by atoms with Crippen LogP contribution in [0.1, 0.15) is 5.56 Å². The Kier molecular flexibility index (Phi) is 3.71. The van der Waals surface area contributed by atoms with E-state index in [0.29, 0.717) is 15.7 Å². The number of thiophene rings is 1. The normalized spacial score (nSPS) is 10.9. The summed E-state index contributed by atoms with van der Waals surface area (Å²) in [5.74, 6) is 0. The molecule has 0 bridgehead atoms. The highest BCUT2D eigenvalue weighted by Crippen LogP contribution is 2.27. The summed E-state index contributed by atoms with van der Waals surface area (Å²) in [5.41, 5.74) is 0.864. The summed E-state index contributed by atoms with van der Waals surface area (Å²) < 4.78 is 27.2. The van der Waals surface area contributed by atoms with Crippen LogP contribution in [-0.4, -0.2) is 8.42 Å². The Hall–Kier alpha value is -1.36. The zero-order valence-corrected chi connectivity index (χ0v) is 12.1. The largest absolute Gasteiger partial charge is 0.278 e. The average molecular weight is 343 g/mol. The zero-order chi connectivity index (χ0) is 13.2. The second-order valence-corrected chi connectivity index (χ2v) is 7.06. The predicted octanol–water partition coefficient (Wildman–Crippen LogP) is 3.18. The molecule has 7 heteroatoms. The molecule has 0 aliphatic heterocycles. The van der Waals surface area contributed by atoms with E-state index < -0.39 is 10.0 Å². The van der Waals surface area contributed by atoms with E-state index >= 15 is 0 Å². The Labute approximate surface area is 117 Å². The van der Waals surface area contributed by atoms with Gasteiger partial charge in [-0.2, -0.15) is 5.26 Å². The van der Waals surface area contributed by atoms with Crippen molar-refractivity contribution in [2.24, 2.45) is 0 Å². The number of hydrogen-bond acceptors (Lipinski definition) is 4. The van der Waals surface area contributed by atoms with Crippen molar-refractivity contribution in [3.63, 3.8) is 0 Å². The molecule has 92 valence electrons. The minimum absolute atomic E-state index is 0.249. The second-order valence-electron chi connectivity index (χ2n) is 3.34. The monoisotopic (exact) mass is 342 g/mol. The third-order valence-corrected chi connectivity index (χ3v) is 5.52. The Balaban J connectivity index is 2.33. The third kappa shape index (κ3) is 2.72. The van der Waals surface area contributed by atoms with Crippen LogP contribution in [0.3, 0.4) is 0 Å². The number of halogens is 1. The SMILES string of the molecule is N#Cc1ccc(NS(=O)(=O)c2cccs2)c(Br)c1. The van der Waals surface area contributed by atoms with E-state index in [0.717, 1.165) is 11.3 Å². The Bertz CT molecular complexity index is 703. The lowest BCUT2D eigenvalue weighted by Gasteiger charge is -2.08. The van der Waals surface area contributed by atoms with Crippen LogP contribution < -0.4 is 4.72 Å². The summed E-state index contributed by atoms with van der Waals surface area (Å²) in [5, 5.41) is 10.4. The first-order valence-corrected chi connectivity index (χ1v) is 7.94. The summed E-state index contributed by atoms with van der Waals surface area (Å²) in [4.78, 5) is 0. The van der Waals surface area contributed by atoms with Gasteiger partial charge in [0, 0.05) is 4.47 Å². The van der Waals surface area contributed by atoms with Crippen LogP contribution in [0.15, 0.2) is 44.4 Å². The van der Waals surface area contributed by atoms with Crippen LogP contribution in [0.2, 0.25) is 0 Å². The number of rotatable bonds is 3. The molecule has 4 nitrogen and oxygen atoms in total. The number of sulfonamides is 1. The molecular formula is C11H7BrN2O2S2. The van der Waals surface area contributed by atoms with Crippen LogP contribution in [0, 0.1) is 11.3 Å². The van der Waals surface area contributed by atoms with E-state index in [1.54, 1.807) is 29.6 Å². The van der Waals surface area contributed by atoms with Crippen molar-refractivity contribution >= 4 is 43.0 Å². The maximum absolute atomic E-state index is 12.0. The Morgan fingerprint density at radius 2 is 2.11 bits per heavy atom. The van der Waals surface area contributed by atoms with E-state index in [4.69, 9.17) is 5.26 Å². The van der Waals surface area contributed by atoms with Crippen LogP contribution in [0.4, 0.5) is 5.69 Å². The van der Waals surface area contributed by atoms with Gasteiger partial charge in [-0.05, 0) is 45.6 Å². The third-order valence-electron chi connectivity index (χ3n) is 2.10. The van der Waals surface area contributed by atoms with Crippen molar-refractivity contribution in [1.82, 2.24) is 0 Å². The standard InChI is InChI=1S/C11H7BrN2O2S2/c12-9-6-8(7-13)3-4-10(9)14-18(15,16)11-2-1-5-17-11/h1-6,14H. The Morgan fingerprint density at radius 3 is 2.67 bits per heavy atom. The van der Waals surface area contributed by atoms with Gasteiger partial charge in [0.05, 0.1) is 17.3 Å².